The maximum Gasteiger partial charge on any atom is 0.0154 e. The Labute approximate surface area is 77.9 Å². The average molecular weight is 220 g/mol. The number of halogens is 1. The van der Waals surface area contributed by atoms with Gasteiger partial charge in [0.1, 0.15) is 0 Å². The summed E-state index contributed by atoms with van der Waals surface area (Å²) in [6, 6.07) is 0. The first kappa shape index (κ1) is 9.53. The standard InChI is InChI=1S/C9H18BrN/c10-8-4-3-7-9(11)5-1-2-6-9/h1-8,11H2. The van der Waals surface area contributed by atoms with Crippen molar-refractivity contribution in [1.82, 2.24) is 0 Å². The largest absolute Gasteiger partial charge is 0.325 e. The molecular formula is C9H18BrN. The zero-order chi connectivity index (χ0) is 8.16. The molecule has 2 N–H and O–H groups in total. The van der Waals surface area contributed by atoms with E-state index >= 15 is 0 Å². The van der Waals surface area contributed by atoms with Gasteiger partial charge in [0.25, 0.3) is 0 Å². The van der Waals surface area contributed by atoms with Gasteiger partial charge >= 0.3 is 0 Å². The molecule has 1 nitrogen and oxygen atoms in total. The lowest BCUT2D eigenvalue weighted by Crippen LogP contribution is -2.36. The molecule has 0 aromatic rings. The van der Waals surface area contributed by atoms with E-state index in [0.717, 1.165) is 5.33 Å². The second-order valence-corrected chi connectivity index (χ2v) is 4.51. The lowest BCUT2D eigenvalue weighted by molar-refractivity contribution is 0.392. The van der Waals surface area contributed by atoms with Gasteiger partial charge < -0.3 is 5.73 Å². The van der Waals surface area contributed by atoms with Gasteiger partial charge in [0, 0.05) is 10.9 Å². The summed E-state index contributed by atoms with van der Waals surface area (Å²) in [7, 11) is 0. The molecule has 1 aliphatic rings. The van der Waals surface area contributed by atoms with Gasteiger partial charge in [0.15, 0.2) is 0 Å². The van der Waals surface area contributed by atoms with Crippen molar-refractivity contribution >= 4 is 15.9 Å². The van der Waals surface area contributed by atoms with Gasteiger partial charge in [-0.1, -0.05) is 35.2 Å². The quantitative estimate of drug-likeness (QED) is 0.572. The molecule has 1 saturated carbocycles. The molecule has 0 aromatic carbocycles. The van der Waals surface area contributed by atoms with Crippen molar-refractivity contribution in [2.45, 2.75) is 50.5 Å². The van der Waals surface area contributed by atoms with E-state index in [9.17, 15) is 0 Å². The van der Waals surface area contributed by atoms with Crippen molar-refractivity contribution in [2.24, 2.45) is 5.73 Å². The molecule has 0 aliphatic heterocycles. The van der Waals surface area contributed by atoms with Crippen LogP contribution in [0.5, 0.6) is 0 Å². The monoisotopic (exact) mass is 219 g/mol. The molecule has 0 saturated heterocycles. The number of alkyl halides is 1. The molecule has 0 atom stereocenters. The second kappa shape index (κ2) is 4.46. The number of unbranched alkanes of at least 4 members (excludes halogenated alkanes) is 1. The Balaban J connectivity index is 2.13. The Kier molecular flexibility index (Phi) is 3.86. The topological polar surface area (TPSA) is 26.0 Å². The molecule has 0 radical (unpaired) electrons. The minimum atomic E-state index is 0.224. The summed E-state index contributed by atoms with van der Waals surface area (Å²) in [6.45, 7) is 0. The number of hydrogen-bond donors (Lipinski definition) is 1. The molecule has 11 heavy (non-hydrogen) atoms. The van der Waals surface area contributed by atoms with Crippen LogP contribution in [0, 0.1) is 0 Å². The molecule has 0 amide bonds. The van der Waals surface area contributed by atoms with Crippen LogP contribution in [-0.4, -0.2) is 10.9 Å². The Hall–Kier alpha value is 0.440. The summed E-state index contributed by atoms with van der Waals surface area (Å²) < 4.78 is 0. The molecule has 1 aliphatic carbocycles. The summed E-state index contributed by atoms with van der Waals surface area (Å²) in [4.78, 5) is 0. The van der Waals surface area contributed by atoms with Crippen LogP contribution >= 0.6 is 15.9 Å². The normalized spacial score (nSPS) is 22.4. The van der Waals surface area contributed by atoms with Crippen LogP contribution in [0.25, 0.3) is 0 Å². The highest BCUT2D eigenvalue weighted by Gasteiger charge is 2.27. The van der Waals surface area contributed by atoms with Crippen molar-refractivity contribution in [1.29, 1.82) is 0 Å². The van der Waals surface area contributed by atoms with Crippen molar-refractivity contribution in [3.63, 3.8) is 0 Å². The molecule has 0 bridgehead atoms. The molecule has 2 heteroatoms. The Bertz CT molecular complexity index is 108. The fourth-order valence-corrected chi connectivity index (χ4v) is 2.30. The van der Waals surface area contributed by atoms with Crippen LogP contribution in [0.4, 0.5) is 0 Å². The van der Waals surface area contributed by atoms with Gasteiger partial charge in [-0.05, 0) is 25.7 Å². The molecule has 0 heterocycles. The molecule has 0 spiro atoms. The van der Waals surface area contributed by atoms with Crippen LogP contribution in [0.15, 0.2) is 0 Å². The van der Waals surface area contributed by atoms with Gasteiger partial charge in [0.2, 0.25) is 0 Å². The molecule has 1 fully saturated rings. The third kappa shape index (κ3) is 3.12. The molecule has 66 valence electrons. The van der Waals surface area contributed by atoms with E-state index in [-0.39, 0.29) is 5.54 Å². The average Bonchev–Trinajstić information content (AvgIpc) is 2.38. The highest BCUT2D eigenvalue weighted by molar-refractivity contribution is 9.09. The SMILES string of the molecule is NC1(CCCCBr)CCCC1. The molecule has 0 aromatic heterocycles. The van der Waals surface area contributed by atoms with Crippen molar-refractivity contribution < 1.29 is 0 Å². The van der Waals surface area contributed by atoms with E-state index in [1.165, 1.54) is 44.9 Å². The van der Waals surface area contributed by atoms with Crippen LogP contribution in [0.2, 0.25) is 0 Å². The highest BCUT2D eigenvalue weighted by Crippen LogP contribution is 2.31. The van der Waals surface area contributed by atoms with Crippen molar-refractivity contribution in [3.05, 3.63) is 0 Å². The summed E-state index contributed by atoms with van der Waals surface area (Å²) in [5, 5.41) is 1.13. The summed E-state index contributed by atoms with van der Waals surface area (Å²) >= 11 is 3.44. The van der Waals surface area contributed by atoms with E-state index in [0.29, 0.717) is 0 Å². The number of hydrogen-bond acceptors (Lipinski definition) is 1. The Morgan fingerprint density at radius 3 is 2.36 bits per heavy atom. The predicted molar refractivity (Wildman–Crippen MR) is 53.0 cm³/mol. The van der Waals surface area contributed by atoms with E-state index in [4.69, 9.17) is 5.73 Å². The van der Waals surface area contributed by atoms with Gasteiger partial charge in [-0.25, -0.2) is 0 Å². The minimum absolute atomic E-state index is 0.224. The van der Waals surface area contributed by atoms with Crippen LogP contribution in [0.3, 0.4) is 0 Å². The fourth-order valence-electron chi connectivity index (χ4n) is 1.90. The van der Waals surface area contributed by atoms with Crippen LogP contribution < -0.4 is 5.73 Å². The maximum absolute atomic E-state index is 6.18. The van der Waals surface area contributed by atoms with Gasteiger partial charge in [0.05, 0.1) is 0 Å². The summed E-state index contributed by atoms with van der Waals surface area (Å²) in [6.07, 6.45) is 9.03. The summed E-state index contributed by atoms with van der Waals surface area (Å²) in [5.74, 6) is 0. The Morgan fingerprint density at radius 1 is 1.18 bits per heavy atom. The molecular weight excluding hydrogens is 202 g/mol. The van der Waals surface area contributed by atoms with Crippen molar-refractivity contribution in [3.8, 4) is 0 Å². The van der Waals surface area contributed by atoms with Gasteiger partial charge in [-0.3, -0.25) is 0 Å². The van der Waals surface area contributed by atoms with Crippen LogP contribution in [0.1, 0.15) is 44.9 Å². The van der Waals surface area contributed by atoms with E-state index in [2.05, 4.69) is 15.9 Å². The number of rotatable bonds is 4. The third-order valence-corrected chi connectivity index (χ3v) is 3.22. The van der Waals surface area contributed by atoms with Gasteiger partial charge in [-0.2, -0.15) is 0 Å². The third-order valence-electron chi connectivity index (χ3n) is 2.66. The Morgan fingerprint density at radius 2 is 1.82 bits per heavy atom. The lowest BCUT2D eigenvalue weighted by atomic mass is 9.92. The first-order valence-electron chi connectivity index (χ1n) is 4.62. The zero-order valence-corrected chi connectivity index (χ0v) is 8.70. The molecule has 1 rings (SSSR count). The van der Waals surface area contributed by atoms with Crippen molar-refractivity contribution in [2.75, 3.05) is 5.33 Å². The zero-order valence-electron chi connectivity index (χ0n) is 7.11. The minimum Gasteiger partial charge on any atom is -0.325 e. The first-order chi connectivity index (χ1) is 5.27. The van der Waals surface area contributed by atoms with E-state index in [1.807, 2.05) is 0 Å². The van der Waals surface area contributed by atoms with E-state index in [1.54, 1.807) is 0 Å². The maximum atomic E-state index is 6.18. The van der Waals surface area contributed by atoms with Gasteiger partial charge in [-0.15, -0.1) is 0 Å². The molecule has 0 unspecified atom stereocenters. The fraction of sp³-hybridized carbons (Fsp3) is 1.00. The van der Waals surface area contributed by atoms with E-state index < -0.39 is 0 Å². The first-order valence-corrected chi connectivity index (χ1v) is 5.74. The summed E-state index contributed by atoms with van der Waals surface area (Å²) in [5.41, 5.74) is 6.41. The lowest BCUT2D eigenvalue weighted by Gasteiger charge is -2.22. The predicted octanol–water partition coefficient (Wildman–Crippen LogP) is 2.82. The number of nitrogens with two attached hydrogens (primary N) is 1. The highest BCUT2D eigenvalue weighted by atomic mass is 79.9. The smallest absolute Gasteiger partial charge is 0.0154 e. The van der Waals surface area contributed by atoms with Crippen LogP contribution in [-0.2, 0) is 0 Å². The second-order valence-electron chi connectivity index (χ2n) is 3.72.